The zero-order chi connectivity index (χ0) is 15.9. The number of ether oxygens (including phenoxy) is 1. The van der Waals surface area contributed by atoms with Crippen LogP contribution in [0, 0.1) is 0 Å². The quantitative estimate of drug-likeness (QED) is 0.657. The van der Waals surface area contributed by atoms with Crippen LogP contribution in [-0.2, 0) is 11.3 Å². The van der Waals surface area contributed by atoms with Crippen LogP contribution in [0.4, 0.5) is 5.69 Å². The topological polar surface area (TPSA) is 36.9 Å². The molecule has 0 unspecified atom stereocenters. The minimum atomic E-state index is 0.658. The van der Waals surface area contributed by atoms with Gasteiger partial charge in [-0.3, -0.25) is 0 Å². The third-order valence-electron chi connectivity index (χ3n) is 3.69. The summed E-state index contributed by atoms with van der Waals surface area (Å²) in [6.45, 7) is 3.84. The van der Waals surface area contributed by atoms with Crippen LogP contribution in [0.5, 0.6) is 0 Å². The largest absolute Gasteiger partial charge is 0.378 e. The molecule has 1 aliphatic rings. The number of aliphatic imine (C=N–C) groups is 1. The lowest BCUT2D eigenvalue weighted by Crippen LogP contribution is -2.44. The molecule has 0 spiro atoms. The first-order chi connectivity index (χ1) is 11.3. The zero-order valence-electron chi connectivity index (χ0n) is 12.9. The maximum Gasteiger partial charge on any atom is 0.198 e. The molecule has 2 aromatic rings. The van der Waals surface area contributed by atoms with E-state index in [4.69, 9.17) is 9.73 Å². The van der Waals surface area contributed by atoms with Gasteiger partial charge in [0.25, 0.3) is 0 Å². The minimum Gasteiger partial charge on any atom is -0.378 e. The van der Waals surface area contributed by atoms with E-state index in [9.17, 15) is 0 Å². The molecule has 1 aliphatic heterocycles. The van der Waals surface area contributed by atoms with Gasteiger partial charge in [-0.15, -0.1) is 0 Å². The van der Waals surface area contributed by atoms with Crippen LogP contribution in [0.2, 0.25) is 0 Å². The van der Waals surface area contributed by atoms with Crippen molar-refractivity contribution < 1.29 is 4.74 Å². The molecule has 1 heterocycles. The lowest BCUT2D eigenvalue weighted by atomic mass is 10.2. The number of nitrogens with zero attached hydrogens (tertiary/aromatic N) is 2. The number of benzene rings is 2. The Morgan fingerprint density at radius 1 is 1.04 bits per heavy atom. The maximum atomic E-state index is 5.45. The fraction of sp³-hybridized carbons (Fsp3) is 0.278. The van der Waals surface area contributed by atoms with Crippen molar-refractivity contribution in [2.75, 3.05) is 31.6 Å². The monoisotopic (exact) mass is 373 g/mol. The van der Waals surface area contributed by atoms with Gasteiger partial charge in [0.05, 0.1) is 25.4 Å². The molecule has 0 radical (unpaired) electrons. The van der Waals surface area contributed by atoms with E-state index < -0.39 is 0 Å². The number of hydrogen-bond acceptors (Lipinski definition) is 2. The van der Waals surface area contributed by atoms with Gasteiger partial charge in [0, 0.05) is 17.6 Å². The highest BCUT2D eigenvalue weighted by atomic mass is 79.9. The van der Waals surface area contributed by atoms with Crippen LogP contribution in [0.25, 0.3) is 0 Å². The van der Waals surface area contributed by atoms with Gasteiger partial charge in [0.2, 0.25) is 0 Å². The third kappa shape index (κ3) is 4.56. The van der Waals surface area contributed by atoms with Crippen molar-refractivity contribution >= 4 is 27.6 Å². The Bertz CT molecular complexity index is 654. The average Bonchev–Trinajstić information content (AvgIpc) is 2.62. The van der Waals surface area contributed by atoms with Crippen molar-refractivity contribution in [2.24, 2.45) is 4.99 Å². The van der Waals surface area contributed by atoms with E-state index in [1.807, 2.05) is 42.5 Å². The summed E-state index contributed by atoms with van der Waals surface area (Å²) in [5.74, 6) is 0.893. The van der Waals surface area contributed by atoms with Crippen LogP contribution in [0.15, 0.2) is 64.1 Å². The third-order valence-corrected chi connectivity index (χ3v) is 4.38. The van der Waals surface area contributed by atoms with Crippen LogP contribution >= 0.6 is 15.9 Å². The van der Waals surface area contributed by atoms with Gasteiger partial charge in [-0.2, -0.15) is 0 Å². The molecule has 2 aromatic carbocycles. The van der Waals surface area contributed by atoms with Crippen molar-refractivity contribution in [3.63, 3.8) is 0 Å². The highest BCUT2D eigenvalue weighted by molar-refractivity contribution is 9.10. The summed E-state index contributed by atoms with van der Waals surface area (Å²) in [6.07, 6.45) is 0. The Morgan fingerprint density at radius 2 is 1.74 bits per heavy atom. The summed E-state index contributed by atoms with van der Waals surface area (Å²) in [5.41, 5.74) is 2.22. The average molecular weight is 374 g/mol. The first kappa shape index (κ1) is 16.0. The molecular formula is C18H20BrN3O. The number of nitrogens with one attached hydrogen (secondary N) is 1. The predicted molar refractivity (Wildman–Crippen MR) is 97.7 cm³/mol. The lowest BCUT2D eigenvalue weighted by molar-refractivity contribution is 0.0679. The summed E-state index contributed by atoms with van der Waals surface area (Å²) < 4.78 is 6.48. The molecule has 1 fully saturated rings. The van der Waals surface area contributed by atoms with E-state index in [1.54, 1.807) is 0 Å². The fourth-order valence-corrected chi connectivity index (χ4v) is 2.81. The van der Waals surface area contributed by atoms with Crippen LogP contribution in [0.1, 0.15) is 5.56 Å². The molecular weight excluding hydrogens is 354 g/mol. The van der Waals surface area contributed by atoms with Gasteiger partial charge in [0.1, 0.15) is 0 Å². The van der Waals surface area contributed by atoms with Gasteiger partial charge < -0.3 is 15.0 Å². The van der Waals surface area contributed by atoms with Gasteiger partial charge in [0.15, 0.2) is 5.96 Å². The van der Waals surface area contributed by atoms with E-state index in [-0.39, 0.29) is 0 Å². The Kier molecular flexibility index (Phi) is 5.66. The first-order valence-corrected chi connectivity index (χ1v) is 8.55. The SMILES string of the molecule is Brc1ccccc1NC(=NCc1ccccc1)N1CCOCC1. The number of guanidine groups is 1. The van der Waals surface area contributed by atoms with E-state index in [0.29, 0.717) is 6.54 Å². The van der Waals surface area contributed by atoms with Crippen molar-refractivity contribution in [3.8, 4) is 0 Å². The molecule has 3 rings (SSSR count). The Balaban J connectivity index is 1.79. The molecule has 1 N–H and O–H groups in total. The second kappa shape index (κ2) is 8.13. The standard InChI is InChI=1S/C18H20BrN3O/c19-16-8-4-5-9-17(16)21-18(22-10-12-23-13-11-22)20-14-15-6-2-1-3-7-15/h1-9H,10-14H2,(H,20,21). The fourth-order valence-electron chi connectivity index (χ4n) is 2.43. The van der Waals surface area contributed by atoms with Gasteiger partial charge >= 0.3 is 0 Å². The summed E-state index contributed by atoms with van der Waals surface area (Å²) in [6, 6.07) is 18.4. The normalized spacial score (nSPS) is 15.5. The Labute approximate surface area is 145 Å². The van der Waals surface area contributed by atoms with Crippen LogP contribution in [0.3, 0.4) is 0 Å². The van der Waals surface area contributed by atoms with E-state index in [0.717, 1.165) is 42.4 Å². The molecule has 0 saturated carbocycles. The molecule has 4 nitrogen and oxygen atoms in total. The van der Waals surface area contributed by atoms with Gasteiger partial charge in [-0.25, -0.2) is 4.99 Å². The maximum absolute atomic E-state index is 5.45. The van der Waals surface area contributed by atoms with Crippen molar-refractivity contribution in [2.45, 2.75) is 6.54 Å². The van der Waals surface area contributed by atoms with Gasteiger partial charge in [-0.1, -0.05) is 42.5 Å². The molecule has 23 heavy (non-hydrogen) atoms. The lowest BCUT2D eigenvalue weighted by Gasteiger charge is -2.30. The molecule has 0 bridgehead atoms. The summed E-state index contributed by atoms with van der Waals surface area (Å²) in [4.78, 5) is 7.05. The molecule has 0 atom stereocenters. The predicted octanol–water partition coefficient (Wildman–Crippen LogP) is 3.75. The molecule has 0 aromatic heterocycles. The highest BCUT2D eigenvalue weighted by Crippen LogP contribution is 2.22. The van der Waals surface area contributed by atoms with Crippen LogP contribution in [-0.4, -0.2) is 37.2 Å². The Morgan fingerprint density at radius 3 is 2.48 bits per heavy atom. The van der Waals surface area contributed by atoms with E-state index in [1.165, 1.54) is 5.56 Å². The minimum absolute atomic E-state index is 0.658. The molecule has 5 heteroatoms. The molecule has 1 saturated heterocycles. The van der Waals surface area contributed by atoms with E-state index >= 15 is 0 Å². The highest BCUT2D eigenvalue weighted by Gasteiger charge is 2.16. The Hall–Kier alpha value is -1.85. The summed E-state index contributed by atoms with van der Waals surface area (Å²) >= 11 is 3.58. The number of para-hydroxylation sites is 1. The smallest absolute Gasteiger partial charge is 0.198 e. The van der Waals surface area contributed by atoms with Crippen molar-refractivity contribution in [1.29, 1.82) is 0 Å². The van der Waals surface area contributed by atoms with E-state index in [2.05, 4.69) is 38.3 Å². The number of halogens is 1. The first-order valence-electron chi connectivity index (χ1n) is 7.75. The number of anilines is 1. The summed E-state index contributed by atoms with van der Waals surface area (Å²) in [7, 11) is 0. The molecule has 120 valence electrons. The number of hydrogen-bond donors (Lipinski definition) is 1. The zero-order valence-corrected chi connectivity index (χ0v) is 14.5. The number of morpholine rings is 1. The van der Waals surface area contributed by atoms with Crippen LogP contribution < -0.4 is 5.32 Å². The van der Waals surface area contributed by atoms with Gasteiger partial charge in [-0.05, 0) is 33.6 Å². The number of rotatable bonds is 3. The second-order valence-electron chi connectivity index (χ2n) is 5.33. The summed E-state index contributed by atoms with van der Waals surface area (Å²) in [5, 5.41) is 3.46. The molecule has 0 aliphatic carbocycles. The van der Waals surface area contributed by atoms with Crippen molar-refractivity contribution in [1.82, 2.24) is 4.90 Å². The molecule has 0 amide bonds. The van der Waals surface area contributed by atoms with Crippen molar-refractivity contribution in [3.05, 3.63) is 64.6 Å². The second-order valence-corrected chi connectivity index (χ2v) is 6.18.